The van der Waals surface area contributed by atoms with Crippen molar-refractivity contribution in [3.63, 3.8) is 0 Å². The summed E-state index contributed by atoms with van der Waals surface area (Å²) in [5, 5.41) is 10.5. The van der Waals surface area contributed by atoms with Gasteiger partial charge in [-0.3, -0.25) is 14.9 Å². The number of rotatable bonds is 3. The zero-order valence-electron chi connectivity index (χ0n) is 7.38. The average molecular weight is 268 g/mol. The molecule has 0 aromatic heterocycles. The molecule has 1 aromatic carbocycles. The molecule has 0 atom stereocenters. The minimum Gasteiger partial charge on any atom is -0.298 e. The van der Waals surface area contributed by atoms with Gasteiger partial charge in [0, 0.05) is 16.7 Å². The van der Waals surface area contributed by atoms with E-state index in [9.17, 15) is 27.7 Å². The summed E-state index contributed by atoms with van der Waals surface area (Å²) in [6.45, 7) is 0. The van der Waals surface area contributed by atoms with E-state index >= 15 is 0 Å². The summed E-state index contributed by atoms with van der Waals surface area (Å²) in [4.78, 5) is 18.8. The van der Waals surface area contributed by atoms with Crippen LogP contribution >= 0.6 is 10.7 Å². The van der Waals surface area contributed by atoms with Gasteiger partial charge in [-0.15, -0.1) is 0 Å². The van der Waals surface area contributed by atoms with Gasteiger partial charge in [-0.1, -0.05) is 0 Å². The summed E-state index contributed by atoms with van der Waals surface area (Å²) in [5.41, 5.74) is -1.39. The summed E-state index contributed by atoms with van der Waals surface area (Å²) in [7, 11) is 0.420. The third kappa shape index (κ3) is 2.34. The maximum Gasteiger partial charge on any atom is 0.281 e. The molecule has 0 amide bonds. The molecule has 0 unspecified atom stereocenters. The van der Waals surface area contributed by atoms with Crippen molar-refractivity contribution in [3.05, 3.63) is 33.6 Å². The largest absolute Gasteiger partial charge is 0.298 e. The van der Waals surface area contributed by atoms with Crippen LogP contribution < -0.4 is 0 Å². The Morgan fingerprint density at radius 2 is 2.00 bits per heavy atom. The summed E-state index contributed by atoms with van der Waals surface area (Å²) >= 11 is 0. The molecule has 0 fully saturated rings. The van der Waals surface area contributed by atoms with Crippen LogP contribution in [0.4, 0.5) is 10.1 Å². The second kappa shape index (κ2) is 4.14. The smallest absolute Gasteiger partial charge is 0.281 e. The van der Waals surface area contributed by atoms with Gasteiger partial charge in [0.05, 0.1) is 10.5 Å². The van der Waals surface area contributed by atoms with E-state index in [2.05, 4.69) is 0 Å². The van der Waals surface area contributed by atoms with Gasteiger partial charge in [-0.25, -0.2) is 12.8 Å². The molecule has 0 saturated carbocycles. The van der Waals surface area contributed by atoms with Crippen molar-refractivity contribution in [3.8, 4) is 0 Å². The fourth-order valence-corrected chi connectivity index (χ4v) is 1.90. The molecule has 0 N–H and O–H groups in total. The molecule has 9 heteroatoms. The molecule has 0 radical (unpaired) electrons. The summed E-state index contributed by atoms with van der Waals surface area (Å²) in [5.74, 6) is -1.32. The van der Waals surface area contributed by atoms with Crippen molar-refractivity contribution in [2.75, 3.05) is 0 Å². The van der Waals surface area contributed by atoms with Gasteiger partial charge in [0.1, 0.15) is 10.7 Å². The van der Waals surface area contributed by atoms with E-state index < -0.39 is 35.9 Å². The number of hydrogen-bond acceptors (Lipinski definition) is 5. The molecule has 6 nitrogen and oxygen atoms in total. The highest BCUT2D eigenvalue weighted by Crippen LogP contribution is 2.26. The third-order valence-electron chi connectivity index (χ3n) is 1.67. The topological polar surface area (TPSA) is 94.3 Å². The van der Waals surface area contributed by atoms with Crippen LogP contribution in [-0.2, 0) is 9.05 Å². The second-order valence-electron chi connectivity index (χ2n) is 2.65. The van der Waals surface area contributed by atoms with Crippen molar-refractivity contribution >= 4 is 31.7 Å². The van der Waals surface area contributed by atoms with E-state index in [0.29, 0.717) is 12.1 Å². The lowest BCUT2D eigenvalue weighted by molar-refractivity contribution is -0.385. The first-order valence-corrected chi connectivity index (χ1v) is 5.96. The number of nitrogens with zero attached hydrogens (tertiary/aromatic N) is 1. The van der Waals surface area contributed by atoms with Crippen LogP contribution in [-0.4, -0.2) is 19.6 Å². The Morgan fingerprint density at radius 3 is 2.38 bits per heavy atom. The SMILES string of the molecule is O=Cc1cc(F)c(S(=O)(=O)Cl)cc1[N+](=O)[O-]. The van der Waals surface area contributed by atoms with Gasteiger partial charge in [-0.05, 0) is 6.07 Å². The summed E-state index contributed by atoms with van der Waals surface area (Å²) < 4.78 is 34.8. The minimum atomic E-state index is -4.44. The Kier molecular flexibility index (Phi) is 3.24. The highest BCUT2D eigenvalue weighted by atomic mass is 35.7. The number of carbonyl (C=O) groups is 1. The minimum absolute atomic E-state index is 0.0475. The van der Waals surface area contributed by atoms with Crippen LogP contribution in [0.3, 0.4) is 0 Å². The highest BCUT2D eigenvalue weighted by Gasteiger charge is 2.24. The first kappa shape index (κ1) is 12.5. The molecule has 16 heavy (non-hydrogen) atoms. The van der Waals surface area contributed by atoms with Crippen LogP contribution in [0.2, 0.25) is 0 Å². The van der Waals surface area contributed by atoms with E-state index in [0.717, 1.165) is 0 Å². The fraction of sp³-hybridized carbons (Fsp3) is 0. The lowest BCUT2D eigenvalue weighted by Crippen LogP contribution is -2.01. The molecule has 0 bridgehead atoms. The predicted molar refractivity (Wildman–Crippen MR) is 51.5 cm³/mol. The van der Waals surface area contributed by atoms with Crippen molar-refractivity contribution in [2.24, 2.45) is 0 Å². The number of nitro benzene ring substituents is 1. The molecule has 0 spiro atoms. The molecule has 1 rings (SSSR count). The van der Waals surface area contributed by atoms with E-state index in [1.807, 2.05) is 0 Å². The average Bonchev–Trinajstić information content (AvgIpc) is 2.14. The third-order valence-corrected chi connectivity index (χ3v) is 3.00. The van der Waals surface area contributed by atoms with Crippen molar-refractivity contribution in [1.29, 1.82) is 0 Å². The van der Waals surface area contributed by atoms with Crippen LogP contribution in [0, 0.1) is 15.9 Å². The van der Waals surface area contributed by atoms with Gasteiger partial charge in [0.15, 0.2) is 6.29 Å². The van der Waals surface area contributed by atoms with E-state index in [1.165, 1.54) is 0 Å². The molecular weight excluding hydrogens is 265 g/mol. The molecule has 0 heterocycles. The Morgan fingerprint density at radius 1 is 1.44 bits per heavy atom. The van der Waals surface area contributed by atoms with Crippen molar-refractivity contribution in [2.45, 2.75) is 4.90 Å². The van der Waals surface area contributed by atoms with Gasteiger partial charge >= 0.3 is 0 Å². The lowest BCUT2D eigenvalue weighted by atomic mass is 10.2. The summed E-state index contributed by atoms with van der Waals surface area (Å²) in [6, 6.07) is 0.849. The standard InChI is InChI=1S/C7H3ClFNO5S/c8-16(14,15)7-2-6(10(12)13)4(3-11)1-5(7)9/h1-3H. The van der Waals surface area contributed by atoms with Gasteiger partial charge in [0.25, 0.3) is 14.7 Å². The normalized spacial score (nSPS) is 11.1. The number of hydrogen-bond donors (Lipinski definition) is 0. The molecule has 0 saturated heterocycles. The molecule has 86 valence electrons. The van der Waals surface area contributed by atoms with Crippen molar-refractivity contribution < 1.29 is 22.5 Å². The van der Waals surface area contributed by atoms with Gasteiger partial charge < -0.3 is 0 Å². The number of benzene rings is 1. The summed E-state index contributed by atoms with van der Waals surface area (Å²) in [6.07, 6.45) is 0.0475. The van der Waals surface area contributed by atoms with Crippen LogP contribution in [0.15, 0.2) is 17.0 Å². The van der Waals surface area contributed by atoms with Gasteiger partial charge in [0.2, 0.25) is 0 Å². The van der Waals surface area contributed by atoms with Crippen molar-refractivity contribution in [1.82, 2.24) is 0 Å². The zero-order chi connectivity index (χ0) is 12.5. The molecule has 0 aliphatic carbocycles. The Labute approximate surface area is 93.2 Å². The quantitative estimate of drug-likeness (QED) is 0.358. The Bertz CT molecular complexity index is 570. The number of aldehydes is 1. The first-order valence-electron chi connectivity index (χ1n) is 3.65. The maximum absolute atomic E-state index is 13.1. The first-order chi connectivity index (χ1) is 7.27. The predicted octanol–water partition coefficient (Wildman–Crippen LogP) is 1.47. The van der Waals surface area contributed by atoms with E-state index in [1.54, 1.807) is 0 Å². The maximum atomic E-state index is 13.1. The lowest BCUT2D eigenvalue weighted by Gasteiger charge is -2.00. The Balaban J connectivity index is 3.64. The molecule has 0 aliphatic rings. The Hall–Kier alpha value is -1.54. The number of nitro groups is 1. The monoisotopic (exact) mass is 267 g/mol. The van der Waals surface area contributed by atoms with E-state index in [-0.39, 0.29) is 6.29 Å². The number of carbonyl (C=O) groups excluding carboxylic acids is 1. The second-order valence-corrected chi connectivity index (χ2v) is 5.19. The number of halogens is 2. The van der Waals surface area contributed by atoms with Crippen LogP contribution in [0.25, 0.3) is 0 Å². The van der Waals surface area contributed by atoms with Gasteiger partial charge in [-0.2, -0.15) is 0 Å². The fourth-order valence-electron chi connectivity index (χ4n) is 0.997. The molecular formula is C7H3ClFNO5S. The highest BCUT2D eigenvalue weighted by molar-refractivity contribution is 8.13. The zero-order valence-corrected chi connectivity index (χ0v) is 8.96. The molecule has 0 aliphatic heterocycles. The van der Waals surface area contributed by atoms with Crippen LogP contribution in [0.5, 0.6) is 0 Å². The molecule has 1 aromatic rings. The van der Waals surface area contributed by atoms with E-state index in [4.69, 9.17) is 10.7 Å². The van der Waals surface area contributed by atoms with Crippen LogP contribution in [0.1, 0.15) is 10.4 Å².